The number of hydrogen-bond donors (Lipinski definition) is 0. The number of halogens is 2. The van der Waals surface area contributed by atoms with E-state index in [1.165, 1.54) is 55.6 Å². The highest BCUT2D eigenvalue weighted by atomic mass is 28.3. The summed E-state index contributed by atoms with van der Waals surface area (Å²) in [4.78, 5) is 7.65. The molecular formula is C64H52BF2N3Si. The number of anilines is 8. The van der Waals surface area contributed by atoms with Crippen molar-refractivity contribution in [3.8, 4) is 33.4 Å². The second kappa shape index (κ2) is 15.3. The van der Waals surface area contributed by atoms with Crippen molar-refractivity contribution in [1.82, 2.24) is 0 Å². The molecule has 0 spiro atoms. The molecule has 9 aromatic rings. The summed E-state index contributed by atoms with van der Waals surface area (Å²) in [6.45, 7) is 9.93. The van der Waals surface area contributed by atoms with E-state index >= 15 is 8.78 Å². The van der Waals surface area contributed by atoms with Gasteiger partial charge in [-0.3, -0.25) is 0 Å². The Labute approximate surface area is 416 Å². The van der Waals surface area contributed by atoms with Crippen molar-refractivity contribution in [2.75, 3.05) is 14.7 Å². The van der Waals surface area contributed by atoms with Crippen LogP contribution in [0.15, 0.2) is 194 Å². The number of fused-ring (bicyclic) bond motifs is 3. The summed E-state index contributed by atoms with van der Waals surface area (Å²) in [6, 6.07) is 67.9. The second-order valence-electron chi connectivity index (χ2n) is 21.3. The van der Waals surface area contributed by atoms with Gasteiger partial charge in [-0.25, -0.2) is 8.78 Å². The first-order valence-corrected chi connectivity index (χ1v) is 28.3. The van der Waals surface area contributed by atoms with Crippen molar-refractivity contribution >= 4 is 87.0 Å². The largest absolute Gasteiger partial charge is 0.334 e. The summed E-state index contributed by atoms with van der Waals surface area (Å²) in [6.07, 6.45) is 4.43. The summed E-state index contributed by atoms with van der Waals surface area (Å²) in [5, 5.41) is 2.85. The molecule has 1 fully saturated rings. The van der Waals surface area contributed by atoms with Crippen LogP contribution in [-0.2, 0) is 5.41 Å². The normalized spacial score (nSPS) is 19.6. The van der Waals surface area contributed by atoms with Crippen molar-refractivity contribution in [3.05, 3.63) is 211 Å². The standard InChI is InChI=1S/C64H52BF2N3Si/c1-63-36-16-17-37-64(63,2)70(53-35-34-42(38-48(53)63)41-20-6-5-7-21-41)43-39-56-60-57(40-43)69(52-29-15-11-25-47(52)45-23-9-13-27-50(45)67)55-31-19-33-59-62(55)65(60)61-54(30-18-32-58(61)71(59,3)4)68(56)51-28-14-10-24-46(51)44-22-8-12-26-49(44)66/h5-15,18-35,38-40H,16-17,36-37H2,1-4H3. The Morgan fingerprint density at radius 2 is 0.930 bits per heavy atom. The lowest BCUT2D eigenvalue weighted by Gasteiger charge is -2.52. The van der Waals surface area contributed by atoms with E-state index in [1.807, 2.05) is 36.4 Å². The van der Waals surface area contributed by atoms with Gasteiger partial charge in [0.05, 0.1) is 16.9 Å². The Balaban J connectivity index is 1.12. The van der Waals surface area contributed by atoms with Crippen molar-refractivity contribution in [2.45, 2.75) is 63.6 Å². The molecular weight excluding hydrogens is 888 g/mol. The summed E-state index contributed by atoms with van der Waals surface area (Å²) in [5.41, 5.74) is 18.7. The molecule has 5 aliphatic rings. The van der Waals surface area contributed by atoms with E-state index < -0.39 is 8.07 Å². The number of hydrogen-bond acceptors (Lipinski definition) is 3. The minimum Gasteiger partial charge on any atom is -0.334 e. The molecule has 71 heavy (non-hydrogen) atoms. The van der Waals surface area contributed by atoms with Crippen LogP contribution >= 0.6 is 0 Å². The van der Waals surface area contributed by atoms with Crippen LogP contribution in [0.1, 0.15) is 45.1 Å². The maximum atomic E-state index is 16.3. The summed E-state index contributed by atoms with van der Waals surface area (Å²) >= 11 is 0. The monoisotopic (exact) mass is 939 g/mol. The van der Waals surface area contributed by atoms with Crippen molar-refractivity contribution < 1.29 is 8.78 Å². The van der Waals surface area contributed by atoms with Gasteiger partial charge in [-0.05, 0) is 114 Å². The highest BCUT2D eigenvalue weighted by Crippen LogP contribution is 2.62. The molecule has 0 radical (unpaired) electrons. The summed E-state index contributed by atoms with van der Waals surface area (Å²) in [5.74, 6) is -0.506. The molecule has 0 saturated heterocycles. The van der Waals surface area contributed by atoms with E-state index in [4.69, 9.17) is 0 Å². The van der Waals surface area contributed by atoms with Gasteiger partial charge in [-0.15, -0.1) is 0 Å². The van der Waals surface area contributed by atoms with Gasteiger partial charge in [0.1, 0.15) is 19.7 Å². The lowest BCUT2D eigenvalue weighted by molar-refractivity contribution is 0.195. The highest BCUT2D eigenvalue weighted by Gasteiger charge is 2.59. The number of benzene rings is 9. The molecule has 3 nitrogen and oxygen atoms in total. The third kappa shape index (κ3) is 5.75. The number of nitrogens with zero attached hydrogens (tertiary/aromatic N) is 3. The fraction of sp³-hybridized carbons (Fsp3) is 0.156. The van der Waals surface area contributed by atoms with Crippen molar-refractivity contribution in [1.29, 1.82) is 0 Å². The number of para-hydroxylation sites is 2. The Kier molecular flexibility index (Phi) is 9.11. The molecule has 2 unspecified atom stereocenters. The molecule has 7 heteroatoms. The first-order valence-electron chi connectivity index (χ1n) is 25.3. The zero-order chi connectivity index (χ0) is 48.0. The lowest BCUT2D eigenvalue weighted by atomic mass is 9.33. The molecule has 0 aromatic heterocycles. The maximum absolute atomic E-state index is 16.3. The molecule has 4 aliphatic heterocycles. The second-order valence-corrected chi connectivity index (χ2v) is 25.7. The first kappa shape index (κ1) is 42.4. The van der Waals surface area contributed by atoms with Crippen LogP contribution in [0, 0.1) is 11.6 Å². The van der Waals surface area contributed by atoms with Gasteiger partial charge in [-0.2, -0.15) is 0 Å². The highest BCUT2D eigenvalue weighted by molar-refractivity contribution is 7.16. The smallest absolute Gasteiger partial charge is 0.251 e. The molecule has 4 heterocycles. The Hall–Kier alpha value is -7.48. The maximum Gasteiger partial charge on any atom is 0.251 e. The van der Waals surface area contributed by atoms with E-state index in [2.05, 4.69) is 175 Å². The predicted molar refractivity (Wildman–Crippen MR) is 296 cm³/mol. The molecule has 1 aliphatic carbocycles. The average molecular weight is 940 g/mol. The van der Waals surface area contributed by atoms with Crippen LogP contribution in [-0.4, -0.2) is 20.3 Å². The van der Waals surface area contributed by atoms with Gasteiger partial charge in [0.2, 0.25) is 0 Å². The van der Waals surface area contributed by atoms with Gasteiger partial charge < -0.3 is 14.7 Å². The minimum atomic E-state index is -2.37. The van der Waals surface area contributed by atoms with Crippen molar-refractivity contribution in [3.63, 3.8) is 0 Å². The lowest BCUT2D eigenvalue weighted by Crippen LogP contribution is -2.79. The van der Waals surface area contributed by atoms with E-state index in [-0.39, 0.29) is 29.3 Å². The minimum absolute atomic E-state index is 0.0736. The van der Waals surface area contributed by atoms with Crippen LogP contribution < -0.4 is 41.5 Å². The Morgan fingerprint density at radius 1 is 0.437 bits per heavy atom. The molecule has 344 valence electrons. The first-order chi connectivity index (χ1) is 34.6. The van der Waals surface area contributed by atoms with Crippen LogP contribution in [0.2, 0.25) is 13.1 Å². The van der Waals surface area contributed by atoms with Crippen molar-refractivity contribution in [2.24, 2.45) is 0 Å². The van der Waals surface area contributed by atoms with E-state index in [9.17, 15) is 0 Å². The molecule has 1 saturated carbocycles. The fourth-order valence-corrected chi connectivity index (χ4v) is 17.3. The van der Waals surface area contributed by atoms with Gasteiger partial charge in [0.25, 0.3) is 6.71 Å². The molecule has 0 N–H and O–H groups in total. The fourth-order valence-electron chi connectivity index (χ4n) is 14.1. The van der Waals surface area contributed by atoms with Crippen LogP contribution in [0.5, 0.6) is 0 Å². The molecule has 9 aromatic carbocycles. The molecule has 0 amide bonds. The average Bonchev–Trinajstić information content (AvgIpc) is 3.60. The SMILES string of the molecule is CC12CCCCC1(C)N(c1cc3c4c(c1)N(c1ccccc1-c1ccccc1F)c1cccc5c1B4c1c(cccc1[Si]5(C)C)N3c1ccccc1-c1ccccc1F)c1ccc(-c3ccccc3)cc12. The topological polar surface area (TPSA) is 9.72 Å². The Bertz CT molecular complexity index is 3530. The Morgan fingerprint density at radius 3 is 1.49 bits per heavy atom. The van der Waals surface area contributed by atoms with E-state index in [0.717, 1.165) is 70.2 Å². The zero-order valence-corrected chi connectivity index (χ0v) is 41.5. The van der Waals surface area contributed by atoms with Gasteiger partial charge in [-0.1, -0.05) is 177 Å². The molecule has 0 bridgehead atoms. The van der Waals surface area contributed by atoms with Crippen LogP contribution in [0.4, 0.5) is 54.3 Å². The third-order valence-electron chi connectivity index (χ3n) is 17.6. The summed E-state index contributed by atoms with van der Waals surface area (Å²) in [7, 11) is -2.37. The van der Waals surface area contributed by atoms with Gasteiger partial charge >= 0.3 is 0 Å². The van der Waals surface area contributed by atoms with E-state index in [0.29, 0.717) is 11.1 Å². The van der Waals surface area contributed by atoms with Crippen LogP contribution in [0.25, 0.3) is 33.4 Å². The third-order valence-corrected chi connectivity index (χ3v) is 21.1. The van der Waals surface area contributed by atoms with Gasteiger partial charge in [0.15, 0.2) is 0 Å². The van der Waals surface area contributed by atoms with E-state index in [1.54, 1.807) is 24.3 Å². The number of rotatable bonds is 6. The quantitative estimate of drug-likeness (QED) is 0.154. The predicted octanol–water partition coefficient (Wildman–Crippen LogP) is 13.9. The van der Waals surface area contributed by atoms with Gasteiger partial charge in [0, 0.05) is 61.8 Å². The zero-order valence-electron chi connectivity index (χ0n) is 40.5. The summed E-state index contributed by atoms with van der Waals surface area (Å²) < 4.78 is 32.6. The molecule has 14 rings (SSSR count). The van der Waals surface area contributed by atoms with Crippen LogP contribution in [0.3, 0.4) is 0 Å². The molecule has 2 atom stereocenters.